The number of aromatic amines is 1. The number of rotatable bonds is 7. The lowest BCUT2D eigenvalue weighted by molar-refractivity contribution is 0.0953. The molecule has 0 fully saturated rings. The largest absolute Gasteiger partial charge is 0.497 e. The van der Waals surface area contributed by atoms with Crippen LogP contribution in [-0.4, -0.2) is 38.8 Å². The van der Waals surface area contributed by atoms with Crippen molar-refractivity contribution < 1.29 is 19.0 Å². The van der Waals surface area contributed by atoms with Crippen molar-refractivity contribution >= 4 is 16.8 Å². The molecule has 2 aromatic carbocycles. The van der Waals surface area contributed by atoms with Crippen molar-refractivity contribution in [3.8, 4) is 17.2 Å². The molecule has 3 rings (SSSR count). The van der Waals surface area contributed by atoms with Crippen molar-refractivity contribution in [3.05, 3.63) is 63.9 Å². The number of aromatic nitrogens is 1. The molecule has 1 heterocycles. The second-order valence-corrected chi connectivity index (χ2v) is 6.16. The fourth-order valence-electron chi connectivity index (χ4n) is 2.95. The molecule has 0 unspecified atom stereocenters. The van der Waals surface area contributed by atoms with Crippen molar-refractivity contribution in [3.63, 3.8) is 0 Å². The van der Waals surface area contributed by atoms with E-state index in [9.17, 15) is 9.59 Å². The molecular weight excluding hydrogens is 360 g/mol. The van der Waals surface area contributed by atoms with Crippen LogP contribution in [0.5, 0.6) is 17.2 Å². The molecule has 0 aliphatic heterocycles. The number of benzene rings is 2. The maximum Gasteiger partial charge on any atom is 0.251 e. The Morgan fingerprint density at radius 3 is 2.50 bits per heavy atom. The summed E-state index contributed by atoms with van der Waals surface area (Å²) in [6, 6.07) is 12.2. The molecule has 0 radical (unpaired) electrons. The van der Waals surface area contributed by atoms with Gasteiger partial charge in [-0.15, -0.1) is 0 Å². The van der Waals surface area contributed by atoms with E-state index in [1.807, 2.05) is 6.07 Å². The predicted molar refractivity (Wildman–Crippen MR) is 107 cm³/mol. The van der Waals surface area contributed by atoms with Crippen molar-refractivity contribution in [1.82, 2.24) is 10.3 Å². The first-order chi connectivity index (χ1) is 13.5. The first-order valence-electron chi connectivity index (χ1n) is 8.76. The zero-order valence-electron chi connectivity index (χ0n) is 16.0. The number of methoxy groups -OCH3 is 3. The maximum absolute atomic E-state index is 12.4. The van der Waals surface area contributed by atoms with Gasteiger partial charge in [-0.3, -0.25) is 9.59 Å². The average molecular weight is 382 g/mol. The van der Waals surface area contributed by atoms with Gasteiger partial charge in [-0.05, 0) is 36.8 Å². The molecule has 0 aliphatic rings. The topological polar surface area (TPSA) is 89.7 Å². The molecular formula is C21H22N2O5. The maximum atomic E-state index is 12.4. The van der Waals surface area contributed by atoms with E-state index in [1.54, 1.807) is 50.6 Å². The summed E-state index contributed by atoms with van der Waals surface area (Å²) in [6.07, 6.45) is 0.389. The van der Waals surface area contributed by atoms with Gasteiger partial charge in [0.1, 0.15) is 17.2 Å². The summed E-state index contributed by atoms with van der Waals surface area (Å²) >= 11 is 0. The molecule has 146 valence electrons. The molecule has 28 heavy (non-hydrogen) atoms. The molecule has 0 bridgehead atoms. The van der Waals surface area contributed by atoms with Gasteiger partial charge in [-0.25, -0.2) is 0 Å². The highest BCUT2D eigenvalue weighted by Gasteiger charge is 2.11. The average Bonchev–Trinajstić information content (AvgIpc) is 2.73. The summed E-state index contributed by atoms with van der Waals surface area (Å²) in [5, 5.41) is 3.62. The number of H-pyrrole nitrogens is 1. The van der Waals surface area contributed by atoms with E-state index < -0.39 is 0 Å². The third kappa shape index (κ3) is 4.09. The van der Waals surface area contributed by atoms with Crippen molar-refractivity contribution in [1.29, 1.82) is 0 Å². The van der Waals surface area contributed by atoms with Gasteiger partial charge in [0.05, 0.1) is 26.8 Å². The number of amides is 1. The number of carbonyl (C=O) groups excluding carboxylic acids is 1. The van der Waals surface area contributed by atoms with Gasteiger partial charge in [0, 0.05) is 29.1 Å². The Labute approximate surface area is 162 Å². The molecule has 0 aliphatic carbocycles. The second-order valence-electron chi connectivity index (χ2n) is 6.16. The fraction of sp³-hybridized carbons (Fsp3) is 0.238. The number of nitrogens with one attached hydrogen (secondary N) is 2. The van der Waals surface area contributed by atoms with Crippen LogP contribution in [0, 0.1) is 0 Å². The highest BCUT2D eigenvalue weighted by molar-refractivity contribution is 5.94. The molecule has 1 aromatic heterocycles. The smallest absolute Gasteiger partial charge is 0.251 e. The normalized spacial score (nSPS) is 10.5. The molecule has 0 spiro atoms. The van der Waals surface area contributed by atoms with E-state index in [2.05, 4.69) is 10.3 Å². The van der Waals surface area contributed by atoms with E-state index in [0.717, 1.165) is 5.39 Å². The number of carbonyl (C=O) groups is 1. The summed E-state index contributed by atoms with van der Waals surface area (Å²) < 4.78 is 15.7. The Bertz CT molecular complexity index is 1060. The lowest BCUT2D eigenvalue weighted by Gasteiger charge is -2.10. The Morgan fingerprint density at radius 1 is 1.00 bits per heavy atom. The molecule has 2 N–H and O–H groups in total. The molecule has 7 nitrogen and oxygen atoms in total. The molecule has 7 heteroatoms. The predicted octanol–water partition coefficient (Wildman–Crippen LogP) is 2.53. The second kappa shape index (κ2) is 8.47. The van der Waals surface area contributed by atoms with Crippen LogP contribution in [0.25, 0.3) is 10.9 Å². The molecule has 1 amide bonds. The van der Waals surface area contributed by atoms with Gasteiger partial charge in [-0.1, -0.05) is 6.07 Å². The number of hydrogen-bond donors (Lipinski definition) is 2. The van der Waals surface area contributed by atoms with Crippen molar-refractivity contribution in [2.24, 2.45) is 0 Å². The quantitative estimate of drug-likeness (QED) is 0.655. The zero-order chi connectivity index (χ0) is 20.1. The van der Waals surface area contributed by atoms with Gasteiger partial charge in [-0.2, -0.15) is 0 Å². The number of fused-ring (bicyclic) bond motifs is 1. The Kier molecular flexibility index (Phi) is 5.84. The minimum Gasteiger partial charge on any atom is -0.497 e. The van der Waals surface area contributed by atoms with Crippen LogP contribution < -0.4 is 25.1 Å². The highest BCUT2D eigenvalue weighted by Crippen LogP contribution is 2.29. The molecule has 3 aromatic rings. The minimum atomic E-state index is -0.223. The van der Waals surface area contributed by atoms with Crippen LogP contribution >= 0.6 is 0 Å². The van der Waals surface area contributed by atoms with Crippen molar-refractivity contribution in [2.75, 3.05) is 27.9 Å². The van der Waals surface area contributed by atoms with Crippen LogP contribution in [0.4, 0.5) is 0 Å². The van der Waals surface area contributed by atoms with E-state index in [4.69, 9.17) is 14.2 Å². The first-order valence-corrected chi connectivity index (χ1v) is 8.76. The highest BCUT2D eigenvalue weighted by atomic mass is 16.5. The zero-order valence-corrected chi connectivity index (χ0v) is 16.0. The summed E-state index contributed by atoms with van der Waals surface area (Å²) in [6.45, 7) is 0.325. The van der Waals surface area contributed by atoms with Gasteiger partial charge in [0.15, 0.2) is 0 Å². The van der Waals surface area contributed by atoms with Crippen LogP contribution in [0.2, 0.25) is 0 Å². The Hall–Kier alpha value is -3.48. The summed E-state index contributed by atoms with van der Waals surface area (Å²) in [5.41, 5.74) is 1.46. The van der Waals surface area contributed by atoms with Gasteiger partial charge >= 0.3 is 0 Å². The third-order valence-electron chi connectivity index (χ3n) is 4.43. The summed E-state index contributed by atoms with van der Waals surface area (Å²) in [7, 11) is 4.66. The Morgan fingerprint density at radius 2 is 1.79 bits per heavy atom. The molecule has 0 atom stereocenters. The minimum absolute atomic E-state index is 0.216. The van der Waals surface area contributed by atoms with E-state index >= 15 is 0 Å². The summed E-state index contributed by atoms with van der Waals surface area (Å²) in [4.78, 5) is 27.5. The van der Waals surface area contributed by atoms with Crippen molar-refractivity contribution in [2.45, 2.75) is 6.42 Å². The van der Waals surface area contributed by atoms with Gasteiger partial charge in [0.25, 0.3) is 11.5 Å². The van der Waals surface area contributed by atoms with Crippen LogP contribution in [0.3, 0.4) is 0 Å². The van der Waals surface area contributed by atoms with Crippen LogP contribution in [0.1, 0.15) is 15.9 Å². The van der Waals surface area contributed by atoms with E-state index in [0.29, 0.717) is 46.9 Å². The van der Waals surface area contributed by atoms with Gasteiger partial charge in [0.2, 0.25) is 0 Å². The van der Waals surface area contributed by atoms with Crippen LogP contribution in [0.15, 0.2) is 47.3 Å². The SMILES string of the molecule is COc1cccc(C(=O)NCCc2cc3cc(OC)cc(OC)c3[nH]c2=O)c1. The lowest BCUT2D eigenvalue weighted by atomic mass is 10.1. The summed E-state index contributed by atoms with van der Waals surface area (Å²) in [5.74, 6) is 1.55. The third-order valence-corrected chi connectivity index (χ3v) is 4.43. The first kappa shape index (κ1) is 19.3. The molecule has 0 saturated carbocycles. The monoisotopic (exact) mass is 382 g/mol. The fourth-order valence-corrected chi connectivity index (χ4v) is 2.95. The Balaban J connectivity index is 1.76. The standard InChI is InChI=1S/C21H22N2O5/c1-26-16-6-4-5-13(10-16)20(24)22-8-7-14-9-15-11-17(27-2)12-18(28-3)19(15)23-21(14)25/h4-6,9-12H,7-8H2,1-3H3,(H,22,24)(H,23,25). The van der Waals surface area contributed by atoms with Crippen LogP contribution in [-0.2, 0) is 6.42 Å². The van der Waals surface area contributed by atoms with E-state index in [1.165, 1.54) is 7.11 Å². The molecule has 0 saturated heterocycles. The van der Waals surface area contributed by atoms with E-state index in [-0.39, 0.29) is 11.5 Å². The number of hydrogen-bond acceptors (Lipinski definition) is 5. The lowest BCUT2D eigenvalue weighted by Crippen LogP contribution is -2.27. The number of pyridine rings is 1. The number of ether oxygens (including phenoxy) is 3. The van der Waals surface area contributed by atoms with Gasteiger partial charge < -0.3 is 24.5 Å².